The Balaban J connectivity index is 1.78. The third-order valence-corrected chi connectivity index (χ3v) is 6.80. The molecule has 0 saturated carbocycles. The number of hydrogen-bond donors (Lipinski definition) is 0. The summed E-state index contributed by atoms with van der Waals surface area (Å²) in [6.07, 6.45) is 2.39. The number of carbonyl (C=O) groups is 1. The van der Waals surface area contributed by atoms with Crippen LogP contribution in [0.1, 0.15) is 26.3 Å². The van der Waals surface area contributed by atoms with Gasteiger partial charge in [-0.05, 0) is 31.0 Å². The van der Waals surface area contributed by atoms with Gasteiger partial charge in [0, 0.05) is 15.3 Å². The Hall–Kier alpha value is -2.57. The fourth-order valence-electron chi connectivity index (χ4n) is 3.15. The first kappa shape index (κ1) is 17.8. The summed E-state index contributed by atoms with van der Waals surface area (Å²) in [6.45, 7) is 4.07. The molecule has 0 aliphatic rings. The van der Waals surface area contributed by atoms with Crippen molar-refractivity contribution in [2.45, 2.75) is 26.8 Å². The predicted octanol–water partition coefficient (Wildman–Crippen LogP) is 4.94. The zero-order chi connectivity index (χ0) is 19.0. The molecule has 0 atom stereocenters. The van der Waals surface area contributed by atoms with Crippen molar-refractivity contribution < 1.29 is 4.79 Å². The Kier molecular flexibility index (Phi) is 4.76. The molecule has 3 heterocycles. The molecule has 0 unspecified atom stereocenters. The highest BCUT2D eigenvalue weighted by Crippen LogP contribution is 2.35. The molecular formula is C21H18N2O2S2. The molecule has 3 aromatic heterocycles. The lowest BCUT2D eigenvalue weighted by molar-refractivity contribution is 0.0974. The second kappa shape index (κ2) is 7.21. The second-order valence-corrected chi connectivity index (χ2v) is 8.67. The average Bonchev–Trinajstić information content (AvgIpc) is 3.29. The van der Waals surface area contributed by atoms with Crippen molar-refractivity contribution in [3.8, 4) is 11.1 Å². The van der Waals surface area contributed by atoms with Gasteiger partial charge in [0.2, 0.25) is 0 Å². The highest BCUT2D eigenvalue weighted by Gasteiger charge is 2.18. The maximum absolute atomic E-state index is 13.1. The Morgan fingerprint density at radius 2 is 1.89 bits per heavy atom. The van der Waals surface area contributed by atoms with Gasteiger partial charge in [-0.3, -0.25) is 14.2 Å². The van der Waals surface area contributed by atoms with Gasteiger partial charge in [0.15, 0.2) is 5.78 Å². The van der Waals surface area contributed by atoms with Crippen LogP contribution < -0.4 is 5.56 Å². The van der Waals surface area contributed by atoms with Gasteiger partial charge in [-0.2, -0.15) is 0 Å². The molecule has 27 heavy (non-hydrogen) atoms. The summed E-state index contributed by atoms with van der Waals surface area (Å²) in [5.41, 5.74) is 1.75. The number of hydrogen-bond acceptors (Lipinski definition) is 5. The lowest BCUT2D eigenvalue weighted by Gasteiger charge is -2.05. The van der Waals surface area contributed by atoms with E-state index in [0.29, 0.717) is 15.1 Å². The van der Waals surface area contributed by atoms with E-state index in [1.165, 1.54) is 38.4 Å². The lowest BCUT2D eigenvalue weighted by Crippen LogP contribution is -2.24. The number of thiophene rings is 2. The molecule has 0 N–H and O–H groups in total. The smallest absolute Gasteiger partial charge is 0.263 e. The number of benzene rings is 1. The number of Topliss-reactive ketones (excluding diaryl/α,β-unsaturated/α-hetero) is 1. The van der Waals surface area contributed by atoms with Crippen LogP contribution in [-0.2, 0) is 13.0 Å². The van der Waals surface area contributed by atoms with Gasteiger partial charge in [0.05, 0.1) is 23.1 Å². The molecule has 0 radical (unpaired) electrons. The van der Waals surface area contributed by atoms with Crippen LogP contribution in [-0.4, -0.2) is 15.3 Å². The van der Waals surface area contributed by atoms with E-state index in [1.807, 2.05) is 49.4 Å². The van der Waals surface area contributed by atoms with Crippen molar-refractivity contribution in [1.82, 2.24) is 9.55 Å². The van der Waals surface area contributed by atoms with Gasteiger partial charge < -0.3 is 0 Å². The van der Waals surface area contributed by atoms with Crippen molar-refractivity contribution in [2.75, 3.05) is 0 Å². The molecule has 0 aliphatic heterocycles. The normalized spacial score (nSPS) is 11.2. The Bertz CT molecular complexity index is 1190. The number of aromatic nitrogens is 2. The van der Waals surface area contributed by atoms with E-state index >= 15 is 0 Å². The first-order chi connectivity index (χ1) is 13.1. The summed E-state index contributed by atoms with van der Waals surface area (Å²) in [7, 11) is 0. The van der Waals surface area contributed by atoms with Crippen LogP contribution >= 0.6 is 22.7 Å². The summed E-state index contributed by atoms with van der Waals surface area (Å²) < 4.78 is 1.43. The van der Waals surface area contributed by atoms with Crippen molar-refractivity contribution in [3.05, 3.63) is 73.8 Å². The predicted molar refractivity (Wildman–Crippen MR) is 112 cm³/mol. The van der Waals surface area contributed by atoms with Gasteiger partial charge in [-0.1, -0.05) is 37.3 Å². The van der Waals surface area contributed by atoms with E-state index in [1.54, 1.807) is 0 Å². The van der Waals surface area contributed by atoms with E-state index in [-0.39, 0.29) is 17.9 Å². The highest BCUT2D eigenvalue weighted by molar-refractivity contribution is 7.19. The van der Waals surface area contributed by atoms with Crippen LogP contribution in [0.25, 0.3) is 21.3 Å². The number of ketones is 1. The van der Waals surface area contributed by atoms with E-state index in [4.69, 9.17) is 0 Å². The fraction of sp³-hybridized carbons (Fsp3) is 0.190. The third kappa shape index (κ3) is 3.26. The number of nitrogens with zero attached hydrogens (tertiary/aromatic N) is 2. The molecule has 6 heteroatoms. The van der Waals surface area contributed by atoms with Crippen LogP contribution in [0.5, 0.6) is 0 Å². The molecule has 4 nitrogen and oxygen atoms in total. The molecule has 0 fully saturated rings. The SMILES string of the molecule is CCc1ccc(C(=O)Cn2cnc3sc(C)c(-c4ccccc4)c3c2=O)s1. The lowest BCUT2D eigenvalue weighted by atomic mass is 10.0. The van der Waals surface area contributed by atoms with Crippen molar-refractivity contribution in [2.24, 2.45) is 0 Å². The van der Waals surface area contributed by atoms with Crippen molar-refractivity contribution in [3.63, 3.8) is 0 Å². The third-order valence-electron chi connectivity index (χ3n) is 4.52. The van der Waals surface area contributed by atoms with Crippen molar-refractivity contribution in [1.29, 1.82) is 0 Å². The first-order valence-corrected chi connectivity index (χ1v) is 10.4. The van der Waals surface area contributed by atoms with Crippen LogP contribution in [0, 0.1) is 6.92 Å². The molecule has 4 rings (SSSR count). The van der Waals surface area contributed by atoms with Gasteiger partial charge >= 0.3 is 0 Å². The minimum absolute atomic E-state index is 0.00850. The van der Waals surface area contributed by atoms with Gasteiger partial charge in [0.25, 0.3) is 5.56 Å². The van der Waals surface area contributed by atoms with Gasteiger partial charge in [-0.25, -0.2) is 4.98 Å². The number of aryl methyl sites for hydroxylation is 2. The Labute approximate surface area is 164 Å². The highest BCUT2D eigenvalue weighted by atomic mass is 32.1. The molecule has 1 aromatic carbocycles. The molecular weight excluding hydrogens is 376 g/mol. The zero-order valence-electron chi connectivity index (χ0n) is 15.1. The quantitative estimate of drug-likeness (QED) is 0.451. The van der Waals surface area contributed by atoms with E-state index < -0.39 is 0 Å². The zero-order valence-corrected chi connectivity index (χ0v) is 16.7. The molecule has 136 valence electrons. The fourth-order valence-corrected chi connectivity index (χ4v) is 5.03. The maximum atomic E-state index is 13.1. The summed E-state index contributed by atoms with van der Waals surface area (Å²) in [5.74, 6) is -0.0591. The molecule has 0 spiro atoms. The second-order valence-electron chi connectivity index (χ2n) is 6.30. The number of fused-ring (bicyclic) bond motifs is 1. The van der Waals surface area contributed by atoms with E-state index in [9.17, 15) is 9.59 Å². The Morgan fingerprint density at radius 1 is 1.11 bits per heavy atom. The summed E-state index contributed by atoms with van der Waals surface area (Å²) >= 11 is 3.00. The minimum atomic E-state index is -0.163. The van der Waals surface area contributed by atoms with Crippen LogP contribution in [0.2, 0.25) is 0 Å². The summed E-state index contributed by atoms with van der Waals surface area (Å²) in [4.78, 5) is 33.8. The largest absolute Gasteiger partial charge is 0.291 e. The number of rotatable bonds is 5. The van der Waals surface area contributed by atoms with Crippen LogP contribution in [0.15, 0.2) is 53.6 Å². The van der Waals surface area contributed by atoms with Crippen molar-refractivity contribution >= 4 is 38.7 Å². The summed E-state index contributed by atoms with van der Waals surface area (Å²) in [6, 6.07) is 13.7. The minimum Gasteiger partial charge on any atom is -0.291 e. The van der Waals surface area contributed by atoms with Gasteiger partial charge in [0.1, 0.15) is 4.83 Å². The standard InChI is InChI=1S/C21H18N2O2S2/c1-3-15-9-10-17(27-15)16(24)11-23-12-22-20-19(21(23)25)18(13(2)26-20)14-7-5-4-6-8-14/h4-10,12H,3,11H2,1-2H3. The van der Waals surface area contributed by atoms with E-state index in [0.717, 1.165) is 22.4 Å². The van der Waals surface area contributed by atoms with Crippen LogP contribution in [0.3, 0.4) is 0 Å². The first-order valence-electron chi connectivity index (χ1n) is 8.74. The molecule has 0 aliphatic carbocycles. The average molecular weight is 395 g/mol. The van der Waals surface area contributed by atoms with Crippen LogP contribution in [0.4, 0.5) is 0 Å². The molecule has 0 amide bonds. The maximum Gasteiger partial charge on any atom is 0.263 e. The Morgan fingerprint density at radius 3 is 2.59 bits per heavy atom. The van der Waals surface area contributed by atoms with E-state index in [2.05, 4.69) is 11.9 Å². The molecule has 0 bridgehead atoms. The van der Waals surface area contributed by atoms with Gasteiger partial charge in [-0.15, -0.1) is 22.7 Å². The molecule has 0 saturated heterocycles. The topological polar surface area (TPSA) is 52.0 Å². The summed E-state index contributed by atoms with van der Waals surface area (Å²) in [5, 5.41) is 0.597. The number of carbonyl (C=O) groups excluding carboxylic acids is 1. The molecule has 4 aromatic rings. The monoisotopic (exact) mass is 394 g/mol.